The summed E-state index contributed by atoms with van der Waals surface area (Å²) >= 11 is 0. The average Bonchev–Trinajstić information content (AvgIpc) is 2.83. The van der Waals surface area contributed by atoms with Gasteiger partial charge in [-0.05, 0) is 50.8 Å². The highest BCUT2D eigenvalue weighted by Crippen LogP contribution is 2.42. The molecule has 2 atom stereocenters. The number of carbonyl (C=O) groups excluding carboxylic acids is 1. The molecular weight excluding hydrogens is 477 g/mol. The zero-order valence-corrected chi connectivity index (χ0v) is 20.5. The highest BCUT2D eigenvalue weighted by atomic mass is 32.2. The predicted octanol–water partition coefficient (Wildman–Crippen LogP) is 2.27. The summed E-state index contributed by atoms with van der Waals surface area (Å²) in [6, 6.07) is 3.89. The molecule has 0 aliphatic carbocycles. The van der Waals surface area contributed by atoms with E-state index in [9.17, 15) is 17.6 Å². The summed E-state index contributed by atoms with van der Waals surface area (Å²) in [5, 5.41) is 14.3. The van der Waals surface area contributed by atoms with E-state index in [0.717, 1.165) is 6.07 Å². The van der Waals surface area contributed by atoms with Crippen molar-refractivity contribution in [3.05, 3.63) is 47.7 Å². The van der Waals surface area contributed by atoms with Crippen LogP contribution in [-0.4, -0.2) is 61.0 Å². The minimum atomic E-state index is -3.86. The third-order valence-electron chi connectivity index (χ3n) is 6.91. The molecule has 0 saturated carbocycles. The van der Waals surface area contributed by atoms with Gasteiger partial charge in [-0.3, -0.25) is 10.2 Å². The second kappa shape index (κ2) is 9.15. The first kappa shape index (κ1) is 25.0. The lowest BCUT2D eigenvalue weighted by atomic mass is 9.83. The van der Waals surface area contributed by atoms with Gasteiger partial charge in [0.15, 0.2) is 9.84 Å². The highest BCUT2D eigenvalue weighted by Gasteiger charge is 2.57. The number of benzene rings is 1. The molecule has 2 aromatic rings. The summed E-state index contributed by atoms with van der Waals surface area (Å²) in [4.78, 5) is 20.5. The lowest BCUT2D eigenvalue weighted by Gasteiger charge is -2.48. The van der Waals surface area contributed by atoms with E-state index in [0.29, 0.717) is 26.1 Å². The molecule has 12 heteroatoms. The number of carbonyl (C=O) groups is 1. The number of sulfone groups is 1. The number of nitrogens with zero attached hydrogens (tertiary/aromatic N) is 2. The van der Waals surface area contributed by atoms with Gasteiger partial charge in [0.2, 0.25) is 5.88 Å². The second-order valence-electron chi connectivity index (χ2n) is 9.18. The predicted molar refractivity (Wildman–Crippen MR) is 127 cm³/mol. The van der Waals surface area contributed by atoms with E-state index in [2.05, 4.69) is 20.6 Å². The quantitative estimate of drug-likeness (QED) is 0.562. The Morgan fingerprint density at radius 3 is 2.57 bits per heavy atom. The highest BCUT2D eigenvalue weighted by molar-refractivity contribution is 7.93. The molecule has 1 aromatic carbocycles. The summed E-state index contributed by atoms with van der Waals surface area (Å²) in [6.45, 7) is 3.99. The Balaban J connectivity index is 1.61. The molecule has 2 fully saturated rings. The van der Waals surface area contributed by atoms with Crippen LogP contribution in [0.2, 0.25) is 0 Å². The zero-order chi connectivity index (χ0) is 25.4. The van der Waals surface area contributed by atoms with Gasteiger partial charge in [0.1, 0.15) is 22.1 Å². The first-order chi connectivity index (χ1) is 16.5. The molecule has 2 saturated heterocycles. The molecule has 188 valence electrons. The van der Waals surface area contributed by atoms with Gasteiger partial charge in [-0.15, -0.1) is 0 Å². The van der Waals surface area contributed by atoms with E-state index in [1.807, 2.05) is 0 Å². The Morgan fingerprint density at radius 2 is 1.97 bits per heavy atom. The number of aromatic nitrogens is 2. The summed E-state index contributed by atoms with van der Waals surface area (Å²) < 4.78 is 51.0. The van der Waals surface area contributed by atoms with E-state index in [4.69, 9.17) is 14.9 Å². The Labute approximate surface area is 203 Å². The number of halogens is 1. The van der Waals surface area contributed by atoms with E-state index in [1.54, 1.807) is 13.8 Å². The minimum absolute atomic E-state index is 0.0234. The van der Waals surface area contributed by atoms with Crippen LogP contribution < -0.4 is 15.4 Å². The molecule has 2 aliphatic rings. The molecule has 1 aromatic heterocycles. The van der Waals surface area contributed by atoms with Gasteiger partial charge in [0.25, 0.3) is 5.91 Å². The van der Waals surface area contributed by atoms with Crippen molar-refractivity contribution >= 4 is 27.3 Å². The van der Waals surface area contributed by atoms with E-state index in [1.165, 1.54) is 31.6 Å². The van der Waals surface area contributed by atoms with Gasteiger partial charge in [-0.25, -0.2) is 22.8 Å². The van der Waals surface area contributed by atoms with Crippen LogP contribution in [-0.2, 0) is 20.1 Å². The van der Waals surface area contributed by atoms with Crippen LogP contribution in [0.4, 0.5) is 10.1 Å². The first-order valence-electron chi connectivity index (χ1n) is 11.1. The molecule has 10 nitrogen and oxygen atoms in total. The molecule has 2 aliphatic heterocycles. The van der Waals surface area contributed by atoms with Crippen molar-refractivity contribution in [3.8, 4) is 5.88 Å². The summed E-state index contributed by atoms with van der Waals surface area (Å²) in [5.74, 6) is -1.83. The molecule has 4 rings (SSSR count). The van der Waals surface area contributed by atoms with Crippen LogP contribution in [0.25, 0.3) is 0 Å². The van der Waals surface area contributed by atoms with Gasteiger partial charge in [-0.2, -0.15) is 0 Å². The fourth-order valence-corrected chi connectivity index (χ4v) is 7.13. The number of hydrogen-bond donors (Lipinski definition) is 3. The average molecular weight is 506 g/mol. The number of anilines is 1. The Morgan fingerprint density at radius 1 is 1.26 bits per heavy atom. The maximum atomic E-state index is 15.0. The summed E-state index contributed by atoms with van der Waals surface area (Å²) in [5.41, 5.74) is -1.12. The number of amidine groups is 1. The van der Waals surface area contributed by atoms with Crippen molar-refractivity contribution in [2.45, 2.75) is 37.0 Å². The number of rotatable bonds is 5. The topological polar surface area (TPSA) is 143 Å². The van der Waals surface area contributed by atoms with Crippen molar-refractivity contribution < 1.29 is 27.1 Å². The zero-order valence-electron chi connectivity index (χ0n) is 19.7. The summed E-state index contributed by atoms with van der Waals surface area (Å²) in [7, 11) is -2.43. The van der Waals surface area contributed by atoms with Gasteiger partial charge >= 0.3 is 0 Å². The lowest BCUT2D eigenvalue weighted by Crippen LogP contribution is -2.68. The van der Waals surface area contributed by atoms with Crippen molar-refractivity contribution in [1.29, 1.82) is 5.41 Å². The maximum Gasteiger partial charge on any atom is 0.275 e. The SMILES string of the molecule is COc1cnc(C(=O)Nc2ccc(F)c([C@]3(C)CS(=O)(=O)[C@@](C)(C4CCOCC4)C(=N)N3)c2)cn1. The van der Waals surface area contributed by atoms with E-state index >= 15 is 0 Å². The normalized spacial score (nSPS) is 26.6. The molecule has 0 bridgehead atoms. The number of hydrogen-bond acceptors (Lipinski definition) is 8. The van der Waals surface area contributed by atoms with E-state index in [-0.39, 0.29) is 34.6 Å². The fourth-order valence-electron chi connectivity index (χ4n) is 4.73. The third kappa shape index (κ3) is 4.47. The van der Waals surface area contributed by atoms with Crippen LogP contribution in [0.3, 0.4) is 0 Å². The molecule has 3 heterocycles. The lowest BCUT2D eigenvalue weighted by molar-refractivity contribution is 0.0603. The summed E-state index contributed by atoms with van der Waals surface area (Å²) in [6.07, 6.45) is 3.60. The number of amides is 1. The molecule has 0 radical (unpaired) electrons. The number of methoxy groups -OCH3 is 1. The van der Waals surface area contributed by atoms with E-state index < -0.39 is 37.6 Å². The monoisotopic (exact) mass is 505 g/mol. The first-order valence-corrected chi connectivity index (χ1v) is 12.8. The molecule has 0 unspecified atom stereocenters. The van der Waals surface area contributed by atoms with Crippen molar-refractivity contribution in [2.24, 2.45) is 5.92 Å². The van der Waals surface area contributed by atoms with Gasteiger partial charge in [-0.1, -0.05) is 0 Å². The van der Waals surface area contributed by atoms with Gasteiger partial charge < -0.3 is 20.1 Å². The number of ether oxygens (including phenoxy) is 2. The standard InChI is InChI=1S/C23H28FN5O5S/c1-22(13-35(31,32)23(2,21(25)29-22)14-6-8-34-9-7-14)16-10-15(4-5-17(16)24)28-20(30)18-11-27-19(33-3)12-26-18/h4-5,10-12,14H,6-9,13H2,1-3H3,(H2,25,29)(H,28,30)/t22-,23-/m0/s1. The molecule has 35 heavy (non-hydrogen) atoms. The Bertz CT molecular complexity index is 1250. The molecule has 3 N–H and O–H groups in total. The van der Waals surface area contributed by atoms with Gasteiger partial charge in [0, 0.05) is 24.5 Å². The van der Waals surface area contributed by atoms with Crippen molar-refractivity contribution in [3.63, 3.8) is 0 Å². The molecular formula is C23H28FN5O5S. The molecule has 0 spiro atoms. The Hall–Kier alpha value is -3.12. The van der Waals surface area contributed by atoms with Crippen LogP contribution >= 0.6 is 0 Å². The number of nitrogens with one attached hydrogen (secondary N) is 3. The van der Waals surface area contributed by atoms with Crippen LogP contribution in [0.15, 0.2) is 30.6 Å². The minimum Gasteiger partial charge on any atom is -0.480 e. The van der Waals surface area contributed by atoms with Gasteiger partial charge in [0.05, 0.1) is 30.8 Å². The van der Waals surface area contributed by atoms with Crippen molar-refractivity contribution in [2.75, 3.05) is 31.4 Å². The van der Waals surface area contributed by atoms with Crippen molar-refractivity contribution in [1.82, 2.24) is 15.3 Å². The molecule has 1 amide bonds. The maximum absolute atomic E-state index is 15.0. The largest absolute Gasteiger partial charge is 0.480 e. The smallest absolute Gasteiger partial charge is 0.275 e. The van der Waals surface area contributed by atoms with Crippen LogP contribution in [0.5, 0.6) is 5.88 Å². The third-order valence-corrected chi connectivity index (χ3v) is 9.70. The second-order valence-corrected chi connectivity index (χ2v) is 11.5. The fraction of sp³-hybridized carbons (Fsp3) is 0.478. The van der Waals surface area contributed by atoms with Crippen LogP contribution in [0, 0.1) is 17.1 Å². The van der Waals surface area contributed by atoms with Crippen LogP contribution in [0.1, 0.15) is 42.7 Å². The Kier molecular flexibility index (Phi) is 6.54.